The third-order valence-corrected chi connectivity index (χ3v) is 2.37. The minimum Gasteiger partial charge on any atom is -0.102 e. The fourth-order valence-electron chi connectivity index (χ4n) is 1.69. The van der Waals surface area contributed by atoms with Crippen molar-refractivity contribution in [2.24, 2.45) is 0 Å². The van der Waals surface area contributed by atoms with E-state index in [2.05, 4.69) is 43.0 Å². The molecule has 1 aromatic carbocycles. The summed E-state index contributed by atoms with van der Waals surface area (Å²) in [5.74, 6) is 0.520. The van der Waals surface area contributed by atoms with Crippen LogP contribution < -0.4 is 0 Å². The molecule has 0 heterocycles. The average Bonchev–Trinajstić information content (AvgIpc) is 2.17. The van der Waals surface area contributed by atoms with Crippen LogP contribution in [0.2, 0.25) is 0 Å². The lowest BCUT2D eigenvalue weighted by atomic mass is 9.87. The van der Waals surface area contributed by atoms with E-state index >= 15 is 0 Å². The van der Waals surface area contributed by atoms with Crippen LogP contribution in [0, 0.1) is 0 Å². The second kappa shape index (κ2) is 2.98. The predicted molar refractivity (Wildman–Crippen MR) is 53.0 cm³/mol. The minimum atomic E-state index is 0.520. The van der Waals surface area contributed by atoms with Crippen LogP contribution in [0.4, 0.5) is 0 Å². The Morgan fingerprint density at radius 3 is 3.00 bits per heavy atom. The molecule has 12 heavy (non-hydrogen) atoms. The van der Waals surface area contributed by atoms with Crippen LogP contribution in [0.15, 0.2) is 43.0 Å². The first-order chi connectivity index (χ1) is 5.92. The summed E-state index contributed by atoms with van der Waals surface area (Å²) in [7, 11) is 0. The Morgan fingerprint density at radius 2 is 2.17 bits per heavy atom. The molecular weight excluding hydrogens is 144 g/mol. The van der Waals surface area contributed by atoms with Crippen molar-refractivity contribution in [1.82, 2.24) is 0 Å². The van der Waals surface area contributed by atoms with E-state index in [1.165, 1.54) is 11.1 Å². The molecule has 60 valence electrons. The molecule has 0 amide bonds. The van der Waals surface area contributed by atoms with Gasteiger partial charge in [0.25, 0.3) is 0 Å². The summed E-state index contributed by atoms with van der Waals surface area (Å²) in [6.07, 6.45) is 7.53. The van der Waals surface area contributed by atoms with E-state index in [0.717, 1.165) is 6.42 Å². The molecule has 0 N–H and O–H groups in total. The molecule has 0 heteroatoms. The van der Waals surface area contributed by atoms with E-state index in [9.17, 15) is 0 Å². The quantitative estimate of drug-likeness (QED) is 0.547. The molecule has 1 aliphatic rings. The third-order valence-electron chi connectivity index (χ3n) is 2.37. The topological polar surface area (TPSA) is 0 Å². The van der Waals surface area contributed by atoms with Gasteiger partial charge in [-0.1, -0.05) is 42.5 Å². The van der Waals surface area contributed by atoms with Crippen LogP contribution in [0.25, 0.3) is 6.08 Å². The highest BCUT2D eigenvalue weighted by Gasteiger charge is 2.11. The number of benzene rings is 1. The zero-order valence-corrected chi connectivity index (χ0v) is 7.03. The summed E-state index contributed by atoms with van der Waals surface area (Å²) >= 11 is 0. The Hall–Kier alpha value is -1.30. The Kier molecular flexibility index (Phi) is 1.83. The average molecular weight is 156 g/mol. The second-order valence-corrected chi connectivity index (χ2v) is 3.11. The SMILES string of the molecule is C=CC1CC=Cc2ccccc21. The Morgan fingerprint density at radius 1 is 1.33 bits per heavy atom. The molecule has 1 unspecified atom stereocenters. The summed E-state index contributed by atoms with van der Waals surface area (Å²) in [6, 6.07) is 8.51. The monoisotopic (exact) mass is 156 g/mol. The second-order valence-electron chi connectivity index (χ2n) is 3.11. The van der Waals surface area contributed by atoms with E-state index in [0.29, 0.717) is 5.92 Å². The molecule has 1 atom stereocenters. The van der Waals surface area contributed by atoms with Crippen LogP contribution >= 0.6 is 0 Å². The van der Waals surface area contributed by atoms with Crippen LogP contribution in [0.3, 0.4) is 0 Å². The summed E-state index contributed by atoms with van der Waals surface area (Å²) in [5, 5.41) is 0. The van der Waals surface area contributed by atoms with Gasteiger partial charge >= 0.3 is 0 Å². The lowest BCUT2D eigenvalue weighted by molar-refractivity contribution is 0.854. The Labute approximate surface area is 73.2 Å². The number of allylic oxidation sites excluding steroid dienone is 2. The van der Waals surface area contributed by atoms with E-state index in [4.69, 9.17) is 0 Å². The number of rotatable bonds is 1. The fourth-order valence-corrected chi connectivity index (χ4v) is 1.69. The van der Waals surface area contributed by atoms with Gasteiger partial charge in [-0.25, -0.2) is 0 Å². The van der Waals surface area contributed by atoms with Crippen molar-refractivity contribution in [2.75, 3.05) is 0 Å². The first-order valence-electron chi connectivity index (χ1n) is 4.30. The molecule has 2 rings (SSSR count). The normalized spacial score (nSPS) is 20.2. The van der Waals surface area contributed by atoms with Crippen LogP contribution in [0.1, 0.15) is 23.5 Å². The molecule has 0 aromatic heterocycles. The largest absolute Gasteiger partial charge is 0.102 e. The molecule has 1 aromatic rings. The first-order valence-corrected chi connectivity index (χ1v) is 4.30. The Bertz CT molecular complexity index is 321. The highest BCUT2D eigenvalue weighted by Crippen LogP contribution is 2.29. The van der Waals surface area contributed by atoms with Crippen molar-refractivity contribution < 1.29 is 0 Å². The maximum absolute atomic E-state index is 3.85. The highest BCUT2D eigenvalue weighted by molar-refractivity contribution is 5.58. The molecule has 0 fully saturated rings. The molecule has 0 spiro atoms. The van der Waals surface area contributed by atoms with Crippen molar-refractivity contribution in [2.45, 2.75) is 12.3 Å². The maximum Gasteiger partial charge on any atom is 0.00558 e. The van der Waals surface area contributed by atoms with Gasteiger partial charge in [0.05, 0.1) is 0 Å². The van der Waals surface area contributed by atoms with Crippen molar-refractivity contribution in [3.63, 3.8) is 0 Å². The summed E-state index contributed by atoms with van der Waals surface area (Å²) in [4.78, 5) is 0. The van der Waals surface area contributed by atoms with E-state index < -0.39 is 0 Å². The minimum absolute atomic E-state index is 0.520. The molecule has 0 radical (unpaired) electrons. The smallest absolute Gasteiger partial charge is 0.00558 e. The molecule has 0 saturated heterocycles. The molecule has 0 nitrogen and oxygen atoms in total. The van der Waals surface area contributed by atoms with Gasteiger partial charge < -0.3 is 0 Å². The standard InChI is InChI=1S/C12H12/c1-2-10-7-5-8-11-6-3-4-9-12(10)11/h2-6,8-10H,1,7H2. The van der Waals surface area contributed by atoms with E-state index in [1.54, 1.807) is 0 Å². The Balaban J connectivity index is 2.52. The van der Waals surface area contributed by atoms with Gasteiger partial charge in [-0.2, -0.15) is 0 Å². The van der Waals surface area contributed by atoms with Crippen molar-refractivity contribution in [3.05, 3.63) is 54.1 Å². The van der Waals surface area contributed by atoms with E-state index in [1.807, 2.05) is 6.08 Å². The zero-order chi connectivity index (χ0) is 8.39. The fraction of sp³-hybridized carbons (Fsp3) is 0.167. The van der Waals surface area contributed by atoms with Crippen molar-refractivity contribution in [1.29, 1.82) is 0 Å². The molecular formula is C12H12. The van der Waals surface area contributed by atoms with Crippen LogP contribution in [-0.4, -0.2) is 0 Å². The molecule has 1 aliphatic carbocycles. The van der Waals surface area contributed by atoms with Crippen molar-refractivity contribution >= 4 is 6.08 Å². The summed E-state index contributed by atoms with van der Waals surface area (Å²) in [5.41, 5.74) is 2.75. The highest BCUT2D eigenvalue weighted by atomic mass is 14.2. The van der Waals surface area contributed by atoms with Gasteiger partial charge in [-0.3, -0.25) is 0 Å². The number of hydrogen-bond donors (Lipinski definition) is 0. The van der Waals surface area contributed by atoms with Gasteiger partial charge in [-0.15, -0.1) is 6.58 Å². The molecule has 0 aliphatic heterocycles. The van der Waals surface area contributed by atoms with Gasteiger partial charge in [0.2, 0.25) is 0 Å². The lowest BCUT2D eigenvalue weighted by Gasteiger charge is -2.17. The van der Waals surface area contributed by atoms with Gasteiger partial charge in [0, 0.05) is 5.92 Å². The summed E-state index contributed by atoms with van der Waals surface area (Å²) in [6.45, 7) is 3.85. The summed E-state index contributed by atoms with van der Waals surface area (Å²) < 4.78 is 0. The first kappa shape index (κ1) is 7.35. The van der Waals surface area contributed by atoms with Crippen molar-refractivity contribution in [3.8, 4) is 0 Å². The lowest BCUT2D eigenvalue weighted by Crippen LogP contribution is -1.99. The third kappa shape index (κ3) is 1.10. The maximum atomic E-state index is 3.85. The van der Waals surface area contributed by atoms with Gasteiger partial charge in [0.15, 0.2) is 0 Å². The zero-order valence-electron chi connectivity index (χ0n) is 7.03. The van der Waals surface area contributed by atoms with E-state index in [-0.39, 0.29) is 0 Å². The van der Waals surface area contributed by atoms with Gasteiger partial charge in [0.1, 0.15) is 0 Å². The van der Waals surface area contributed by atoms with Gasteiger partial charge in [-0.05, 0) is 17.5 Å². The van der Waals surface area contributed by atoms with Crippen LogP contribution in [0.5, 0.6) is 0 Å². The number of hydrogen-bond acceptors (Lipinski definition) is 0. The number of fused-ring (bicyclic) bond motifs is 1. The predicted octanol–water partition coefficient (Wildman–Crippen LogP) is 3.37. The molecule has 0 bridgehead atoms. The molecule has 0 saturated carbocycles. The van der Waals surface area contributed by atoms with Crippen LogP contribution in [-0.2, 0) is 0 Å².